The molecule has 2 rings (SSSR count). The number of nitrogens with zero attached hydrogens (tertiary/aromatic N) is 1. The van der Waals surface area contributed by atoms with Crippen LogP contribution < -0.4 is 0 Å². The van der Waals surface area contributed by atoms with Crippen molar-refractivity contribution in [2.75, 3.05) is 0 Å². The summed E-state index contributed by atoms with van der Waals surface area (Å²) in [5.41, 5.74) is 0.303. The van der Waals surface area contributed by atoms with Crippen molar-refractivity contribution in [3.05, 3.63) is 29.8 Å². The molecule has 1 aromatic carbocycles. The molecule has 1 aliphatic heterocycles. The topological polar surface area (TPSA) is 54.5 Å². The van der Waals surface area contributed by atoms with E-state index in [0.29, 0.717) is 5.56 Å². The Bertz CT molecular complexity index is 482. The van der Waals surface area contributed by atoms with Gasteiger partial charge in [0.2, 0.25) is 0 Å². The van der Waals surface area contributed by atoms with Gasteiger partial charge in [-0.3, -0.25) is 0 Å². The zero-order valence-corrected chi connectivity index (χ0v) is 12.9. The van der Waals surface area contributed by atoms with E-state index in [1.165, 1.54) is 6.07 Å². The molecule has 0 aromatic heterocycles. The third-order valence-electron chi connectivity index (χ3n) is 1.91. The van der Waals surface area contributed by atoms with E-state index in [1.807, 2.05) is 0 Å². The Morgan fingerprint density at radius 2 is 1.85 bits per heavy atom. The molecule has 0 saturated carbocycles. The first-order chi connectivity index (χ1) is 6.05. The number of hydrogen-bond acceptors (Lipinski definition) is 3. The van der Waals surface area contributed by atoms with E-state index in [4.69, 9.17) is 0 Å². The van der Waals surface area contributed by atoms with Crippen LogP contribution in [0.25, 0.3) is 0 Å². The summed E-state index contributed by atoms with van der Waals surface area (Å²) < 4.78 is 24.1. The Morgan fingerprint density at radius 1 is 1.23 bits per heavy atom. The first-order valence-electron chi connectivity index (χ1n) is 3.54. The molecule has 6 heteroatoms. The average molecular weight is 383 g/mol. The van der Waals surface area contributed by atoms with Crippen LogP contribution in [0.15, 0.2) is 29.2 Å². The van der Waals surface area contributed by atoms with Crippen LogP contribution in [0.1, 0.15) is 10.4 Å². The van der Waals surface area contributed by atoms with Crippen LogP contribution in [0.5, 0.6) is 0 Å². The van der Waals surface area contributed by atoms with Gasteiger partial charge in [-0.2, -0.15) is 0 Å². The van der Waals surface area contributed by atoms with Crippen LogP contribution in [-0.4, -0.2) is 16.4 Å². The molecule has 13 heavy (non-hydrogen) atoms. The van der Waals surface area contributed by atoms with Gasteiger partial charge >= 0.3 is 92.4 Å². The van der Waals surface area contributed by atoms with Crippen LogP contribution in [0.3, 0.4) is 0 Å². The van der Waals surface area contributed by atoms with E-state index in [0.717, 1.165) is 2.07 Å². The number of carbonyl (C=O) groups is 1. The summed E-state index contributed by atoms with van der Waals surface area (Å²) in [5, 5.41) is 0. The van der Waals surface area contributed by atoms with Crippen LogP contribution in [0.4, 0.5) is 0 Å². The SMILES string of the molecule is O=C1c2ccccc2S(=O)(=O)[N]1[Hg]. The monoisotopic (exact) mass is 384 g/mol. The second kappa shape index (κ2) is 2.78. The second-order valence-corrected chi connectivity index (χ2v) is 8.73. The van der Waals surface area contributed by atoms with Crippen molar-refractivity contribution in [3.8, 4) is 0 Å². The molecule has 1 amide bonds. The van der Waals surface area contributed by atoms with Crippen molar-refractivity contribution in [1.29, 1.82) is 0 Å². The molecule has 0 saturated heterocycles. The molecule has 0 bridgehead atoms. The fourth-order valence-corrected chi connectivity index (χ4v) is 4.75. The minimum atomic E-state index is -3.46. The Hall–Kier alpha value is -0.425. The Labute approximate surface area is 92.0 Å². The first-order valence-corrected chi connectivity index (χ1v) is 7.44. The van der Waals surface area contributed by atoms with Crippen molar-refractivity contribution >= 4 is 15.9 Å². The Morgan fingerprint density at radius 3 is 2.46 bits per heavy atom. The van der Waals surface area contributed by atoms with Gasteiger partial charge in [-0.1, -0.05) is 0 Å². The third-order valence-corrected chi connectivity index (χ3v) is 8.65. The molecule has 4 nitrogen and oxygen atoms in total. The molecule has 0 radical (unpaired) electrons. The Balaban J connectivity index is 2.83. The quantitative estimate of drug-likeness (QED) is 0.606. The van der Waals surface area contributed by atoms with E-state index in [1.54, 1.807) is 18.2 Å². The number of rotatable bonds is 0. The molecule has 0 fully saturated rings. The Kier molecular flexibility index (Phi) is 1.96. The minimum absolute atomic E-state index is 0.148. The number of fused-ring (bicyclic) bond motifs is 1. The predicted molar refractivity (Wildman–Crippen MR) is 39.8 cm³/mol. The summed E-state index contributed by atoms with van der Waals surface area (Å²) >= 11 is -0.232. The standard InChI is InChI=1S/C7H5NO3S.Hg/c9-7-5-3-1-2-4-6(5)12(10,11)8-7;/h1-4H,(H,8,9);/q;+1/p-1. The van der Waals surface area contributed by atoms with Crippen molar-refractivity contribution in [2.45, 2.75) is 4.90 Å². The van der Waals surface area contributed by atoms with Crippen LogP contribution in [-0.2, 0) is 36.4 Å². The van der Waals surface area contributed by atoms with Gasteiger partial charge in [-0.15, -0.1) is 0 Å². The van der Waals surface area contributed by atoms with E-state index in [9.17, 15) is 13.2 Å². The van der Waals surface area contributed by atoms with Crippen molar-refractivity contribution < 1.29 is 39.6 Å². The zero-order chi connectivity index (χ0) is 9.64. The van der Waals surface area contributed by atoms with Crippen LogP contribution in [0.2, 0.25) is 0 Å². The van der Waals surface area contributed by atoms with E-state index < -0.39 is 10.0 Å². The van der Waals surface area contributed by atoms with Gasteiger partial charge in [0.05, 0.1) is 0 Å². The molecular formula is C7H4HgNO3S. The van der Waals surface area contributed by atoms with E-state index >= 15 is 0 Å². The molecule has 1 aromatic rings. The predicted octanol–water partition coefficient (Wildman–Crippen LogP) is 0.293. The molecular weight excluding hydrogens is 379 g/mol. The summed E-state index contributed by atoms with van der Waals surface area (Å²) in [6, 6.07) is 6.30. The van der Waals surface area contributed by atoms with Gasteiger partial charge in [0.15, 0.2) is 0 Å². The van der Waals surface area contributed by atoms with Gasteiger partial charge in [0.1, 0.15) is 0 Å². The average Bonchev–Trinajstić information content (AvgIpc) is 2.30. The fraction of sp³-hybridized carbons (Fsp3) is 0. The maximum absolute atomic E-state index is 11.5. The van der Waals surface area contributed by atoms with E-state index in [-0.39, 0.29) is 37.2 Å². The van der Waals surface area contributed by atoms with Crippen LogP contribution in [0, 0.1) is 0 Å². The van der Waals surface area contributed by atoms with Crippen molar-refractivity contribution in [2.24, 2.45) is 0 Å². The summed E-state index contributed by atoms with van der Waals surface area (Å²) in [6.07, 6.45) is 0. The molecule has 63 valence electrons. The molecule has 0 atom stereocenters. The van der Waals surface area contributed by atoms with Crippen LogP contribution >= 0.6 is 0 Å². The number of amides is 1. The maximum atomic E-state index is 11.5. The summed E-state index contributed by atoms with van der Waals surface area (Å²) in [4.78, 5) is 11.6. The summed E-state index contributed by atoms with van der Waals surface area (Å²) in [7, 11) is -3.46. The van der Waals surface area contributed by atoms with E-state index in [2.05, 4.69) is 0 Å². The number of hydrogen-bond donors (Lipinski definition) is 0. The molecule has 0 unspecified atom stereocenters. The van der Waals surface area contributed by atoms with Gasteiger partial charge < -0.3 is 0 Å². The summed E-state index contributed by atoms with van der Waals surface area (Å²) in [5.74, 6) is -0.376. The fourth-order valence-electron chi connectivity index (χ4n) is 1.23. The first kappa shape index (κ1) is 9.14. The van der Waals surface area contributed by atoms with Gasteiger partial charge in [0, 0.05) is 0 Å². The third kappa shape index (κ3) is 1.14. The van der Waals surface area contributed by atoms with Gasteiger partial charge in [0.25, 0.3) is 0 Å². The van der Waals surface area contributed by atoms with Gasteiger partial charge in [-0.05, 0) is 0 Å². The second-order valence-electron chi connectivity index (χ2n) is 2.65. The number of benzene rings is 1. The zero-order valence-electron chi connectivity index (χ0n) is 6.60. The molecule has 0 aliphatic carbocycles. The molecule has 1 aliphatic rings. The summed E-state index contributed by atoms with van der Waals surface area (Å²) in [6.45, 7) is 0. The normalized spacial score (nSPS) is 18.9. The molecule has 0 spiro atoms. The number of carbonyl (C=O) groups excluding carboxylic acids is 1. The number of sulfonamides is 1. The molecule has 0 N–H and O–H groups in total. The van der Waals surface area contributed by atoms with Gasteiger partial charge in [-0.25, -0.2) is 0 Å². The van der Waals surface area contributed by atoms with Crippen molar-refractivity contribution in [3.63, 3.8) is 0 Å². The van der Waals surface area contributed by atoms with Crippen molar-refractivity contribution in [1.82, 2.24) is 2.07 Å². The molecule has 1 heterocycles.